The summed E-state index contributed by atoms with van der Waals surface area (Å²) in [5.41, 5.74) is 4.57. The molecule has 0 aliphatic heterocycles. The summed E-state index contributed by atoms with van der Waals surface area (Å²) in [4.78, 5) is 8.12. The molecule has 0 unspecified atom stereocenters. The number of aromatic amines is 1. The van der Waals surface area contributed by atoms with Crippen molar-refractivity contribution in [3.05, 3.63) is 90.1 Å². The zero-order chi connectivity index (χ0) is 18.9. The third-order valence-electron chi connectivity index (χ3n) is 4.67. The molecule has 28 heavy (non-hydrogen) atoms. The van der Waals surface area contributed by atoms with Crippen molar-refractivity contribution >= 4 is 11.2 Å². The van der Waals surface area contributed by atoms with Gasteiger partial charge in [-0.2, -0.15) is 10.2 Å². The van der Waals surface area contributed by atoms with Gasteiger partial charge >= 0.3 is 0 Å². The Labute approximate surface area is 160 Å². The molecule has 138 valence electrons. The number of hydrogen-bond donors (Lipinski definition) is 1. The van der Waals surface area contributed by atoms with Gasteiger partial charge in [0.2, 0.25) is 0 Å². The molecular formula is C21H17FN6. The summed E-state index contributed by atoms with van der Waals surface area (Å²) >= 11 is 0. The van der Waals surface area contributed by atoms with Crippen LogP contribution in [0.5, 0.6) is 0 Å². The third kappa shape index (κ3) is 3.07. The Balaban J connectivity index is 1.50. The standard InChI is InChI=1S/C21H17FN6/c22-17-7-3-5-15(11-17)13-28-21-19(12-24-28)25-20(26-21)18-8-2-1-6-16(18)14-27-10-4-9-23-27/h1-12H,13-14H2,(H,25,26). The van der Waals surface area contributed by atoms with Crippen molar-refractivity contribution in [2.45, 2.75) is 13.1 Å². The number of nitrogens with zero attached hydrogens (tertiary/aromatic N) is 5. The molecule has 0 radical (unpaired) electrons. The minimum atomic E-state index is -0.254. The number of fused-ring (bicyclic) bond motifs is 1. The van der Waals surface area contributed by atoms with Gasteiger partial charge in [-0.05, 0) is 29.3 Å². The van der Waals surface area contributed by atoms with Crippen LogP contribution in [0.3, 0.4) is 0 Å². The third-order valence-corrected chi connectivity index (χ3v) is 4.67. The number of rotatable bonds is 5. The Morgan fingerprint density at radius 1 is 0.964 bits per heavy atom. The molecule has 7 heteroatoms. The quantitative estimate of drug-likeness (QED) is 0.510. The maximum absolute atomic E-state index is 13.5. The minimum absolute atomic E-state index is 0.254. The molecule has 0 spiro atoms. The molecule has 3 aromatic heterocycles. The Kier molecular flexibility index (Phi) is 3.97. The molecule has 2 aromatic carbocycles. The van der Waals surface area contributed by atoms with E-state index in [4.69, 9.17) is 4.98 Å². The highest BCUT2D eigenvalue weighted by Crippen LogP contribution is 2.25. The van der Waals surface area contributed by atoms with Crippen LogP contribution in [-0.2, 0) is 13.1 Å². The van der Waals surface area contributed by atoms with Crippen molar-refractivity contribution in [3.63, 3.8) is 0 Å². The maximum atomic E-state index is 13.5. The van der Waals surface area contributed by atoms with Crippen molar-refractivity contribution in [2.24, 2.45) is 0 Å². The van der Waals surface area contributed by atoms with Gasteiger partial charge in [-0.1, -0.05) is 36.4 Å². The second-order valence-electron chi connectivity index (χ2n) is 6.62. The van der Waals surface area contributed by atoms with Gasteiger partial charge in [0.1, 0.15) is 17.2 Å². The Bertz CT molecular complexity index is 1240. The van der Waals surface area contributed by atoms with Gasteiger partial charge in [0, 0.05) is 18.0 Å². The first-order valence-electron chi connectivity index (χ1n) is 8.98. The van der Waals surface area contributed by atoms with E-state index in [0.29, 0.717) is 13.1 Å². The van der Waals surface area contributed by atoms with E-state index in [2.05, 4.69) is 21.2 Å². The lowest BCUT2D eigenvalue weighted by Crippen LogP contribution is -2.03. The van der Waals surface area contributed by atoms with Crippen LogP contribution in [0.4, 0.5) is 4.39 Å². The smallest absolute Gasteiger partial charge is 0.177 e. The van der Waals surface area contributed by atoms with Crippen LogP contribution in [0.25, 0.3) is 22.6 Å². The molecule has 0 saturated carbocycles. The summed E-state index contributed by atoms with van der Waals surface area (Å²) < 4.78 is 17.1. The Morgan fingerprint density at radius 2 is 1.89 bits per heavy atom. The Hall–Kier alpha value is -3.74. The molecule has 0 amide bonds. The van der Waals surface area contributed by atoms with Gasteiger partial charge in [-0.3, -0.25) is 4.68 Å². The molecule has 0 fully saturated rings. The number of imidazole rings is 1. The molecule has 0 saturated heterocycles. The Morgan fingerprint density at radius 3 is 2.75 bits per heavy atom. The minimum Gasteiger partial charge on any atom is -0.335 e. The van der Waals surface area contributed by atoms with Crippen molar-refractivity contribution in [3.8, 4) is 11.4 Å². The van der Waals surface area contributed by atoms with E-state index in [0.717, 1.165) is 33.7 Å². The maximum Gasteiger partial charge on any atom is 0.177 e. The first kappa shape index (κ1) is 16.4. The van der Waals surface area contributed by atoms with Gasteiger partial charge < -0.3 is 4.98 Å². The van der Waals surface area contributed by atoms with Crippen LogP contribution in [0.1, 0.15) is 11.1 Å². The van der Waals surface area contributed by atoms with E-state index in [-0.39, 0.29) is 5.82 Å². The lowest BCUT2D eigenvalue weighted by Gasteiger charge is -2.07. The van der Waals surface area contributed by atoms with Crippen LogP contribution >= 0.6 is 0 Å². The van der Waals surface area contributed by atoms with Gasteiger partial charge in [-0.15, -0.1) is 0 Å². The zero-order valence-electron chi connectivity index (χ0n) is 15.0. The van der Waals surface area contributed by atoms with Gasteiger partial charge in [0.25, 0.3) is 0 Å². The average molecular weight is 372 g/mol. The first-order chi connectivity index (χ1) is 13.8. The lowest BCUT2D eigenvalue weighted by atomic mass is 10.1. The number of halogens is 1. The number of hydrogen-bond acceptors (Lipinski definition) is 3. The topological polar surface area (TPSA) is 64.3 Å². The van der Waals surface area contributed by atoms with Gasteiger partial charge in [0.15, 0.2) is 5.65 Å². The summed E-state index contributed by atoms with van der Waals surface area (Å²) in [6.45, 7) is 1.12. The van der Waals surface area contributed by atoms with Crippen LogP contribution in [0.2, 0.25) is 0 Å². The number of aromatic nitrogens is 6. The normalized spacial score (nSPS) is 11.3. The molecule has 0 aliphatic rings. The molecule has 0 atom stereocenters. The molecule has 0 aliphatic carbocycles. The molecule has 3 heterocycles. The lowest BCUT2D eigenvalue weighted by molar-refractivity contribution is 0.620. The summed E-state index contributed by atoms with van der Waals surface area (Å²) in [5, 5.41) is 8.67. The molecule has 0 bridgehead atoms. The molecule has 5 rings (SSSR count). The van der Waals surface area contributed by atoms with Crippen LogP contribution < -0.4 is 0 Å². The van der Waals surface area contributed by atoms with E-state index in [1.165, 1.54) is 12.1 Å². The number of benzene rings is 2. The van der Waals surface area contributed by atoms with Crippen LogP contribution in [0, 0.1) is 5.82 Å². The van der Waals surface area contributed by atoms with Crippen molar-refractivity contribution in [1.82, 2.24) is 29.5 Å². The van der Waals surface area contributed by atoms with Gasteiger partial charge in [-0.25, -0.2) is 14.1 Å². The fraction of sp³-hybridized carbons (Fsp3) is 0.0952. The molecular weight excluding hydrogens is 355 g/mol. The van der Waals surface area contributed by atoms with Crippen LogP contribution in [-0.4, -0.2) is 29.5 Å². The first-order valence-corrected chi connectivity index (χ1v) is 8.98. The summed E-state index contributed by atoms with van der Waals surface area (Å²) in [6, 6.07) is 16.6. The van der Waals surface area contributed by atoms with Crippen molar-refractivity contribution < 1.29 is 4.39 Å². The average Bonchev–Trinajstić information content (AvgIpc) is 3.41. The summed E-state index contributed by atoms with van der Waals surface area (Å²) in [7, 11) is 0. The highest BCUT2D eigenvalue weighted by atomic mass is 19.1. The number of nitrogens with one attached hydrogen (secondary N) is 1. The molecule has 5 aromatic rings. The predicted molar refractivity (Wildman–Crippen MR) is 104 cm³/mol. The van der Waals surface area contributed by atoms with E-state index < -0.39 is 0 Å². The molecule has 1 N–H and O–H groups in total. The second-order valence-corrected chi connectivity index (χ2v) is 6.62. The van der Waals surface area contributed by atoms with E-state index >= 15 is 0 Å². The fourth-order valence-corrected chi connectivity index (χ4v) is 3.36. The number of H-pyrrole nitrogens is 1. The highest BCUT2D eigenvalue weighted by Gasteiger charge is 2.14. The van der Waals surface area contributed by atoms with Crippen molar-refractivity contribution in [1.29, 1.82) is 0 Å². The van der Waals surface area contributed by atoms with Gasteiger partial charge in [0.05, 0.1) is 19.3 Å². The monoisotopic (exact) mass is 372 g/mol. The molecule has 6 nitrogen and oxygen atoms in total. The highest BCUT2D eigenvalue weighted by molar-refractivity contribution is 5.76. The van der Waals surface area contributed by atoms with E-state index in [1.807, 2.05) is 41.2 Å². The summed E-state index contributed by atoms with van der Waals surface area (Å²) in [6.07, 6.45) is 5.46. The predicted octanol–water partition coefficient (Wildman–Crippen LogP) is 3.86. The SMILES string of the molecule is Fc1cccc(Cn2ncc3[nH]c(-c4ccccc4Cn4cccn4)nc32)c1. The second kappa shape index (κ2) is 6.77. The largest absolute Gasteiger partial charge is 0.335 e. The van der Waals surface area contributed by atoms with E-state index in [9.17, 15) is 4.39 Å². The van der Waals surface area contributed by atoms with Crippen LogP contribution in [0.15, 0.2) is 73.2 Å². The fourth-order valence-electron chi connectivity index (χ4n) is 3.36. The van der Waals surface area contributed by atoms with Crippen molar-refractivity contribution in [2.75, 3.05) is 0 Å². The zero-order valence-corrected chi connectivity index (χ0v) is 15.0. The van der Waals surface area contributed by atoms with E-state index in [1.54, 1.807) is 23.1 Å². The summed E-state index contributed by atoms with van der Waals surface area (Å²) in [5.74, 6) is 0.527.